The first kappa shape index (κ1) is 22.9. The van der Waals surface area contributed by atoms with Crippen LogP contribution in [0, 0.1) is 5.92 Å². The molecule has 0 saturated heterocycles. The fraction of sp³-hybridized carbons (Fsp3) is 1.00. The maximum atomic E-state index is 6.21. The Hall–Kier alpha value is -0.0800. The van der Waals surface area contributed by atoms with Crippen LogP contribution in [0.1, 0.15) is 111 Å². The van der Waals surface area contributed by atoms with Crippen LogP contribution < -0.4 is 0 Å². The van der Waals surface area contributed by atoms with Crippen LogP contribution in [-0.4, -0.2) is 19.5 Å². The standard InChI is InChI=1S/C21H44O2/c1-6-10-13-14-15-16-18-20(17-11-7-2)21(22-5,23-9-4)19-12-8-3/h20H,6-19H2,1-5H3. The molecule has 2 atom stereocenters. The third-order valence-electron chi connectivity index (χ3n) is 5.05. The van der Waals surface area contributed by atoms with E-state index in [0.717, 1.165) is 13.0 Å². The van der Waals surface area contributed by atoms with E-state index in [1.54, 1.807) is 0 Å². The molecule has 0 aliphatic rings. The smallest absolute Gasteiger partial charge is 0.170 e. The summed E-state index contributed by atoms with van der Waals surface area (Å²) >= 11 is 0. The minimum atomic E-state index is -0.344. The van der Waals surface area contributed by atoms with Gasteiger partial charge in [0.25, 0.3) is 0 Å². The van der Waals surface area contributed by atoms with Gasteiger partial charge >= 0.3 is 0 Å². The van der Waals surface area contributed by atoms with Crippen molar-refractivity contribution in [3.63, 3.8) is 0 Å². The van der Waals surface area contributed by atoms with Gasteiger partial charge in [-0.3, -0.25) is 0 Å². The lowest BCUT2D eigenvalue weighted by atomic mass is 9.84. The van der Waals surface area contributed by atoms with Crippen molar-refractivity contribution in [3.05, 3.63) is 0 Å². The van der Waals surface area contributed by atoms with E-state index < -0.39 is 0 Å². The van der Waals surface area contributed by atoms with Crippen molar-refractivity contribution in [2.75, 3.05) is 13.7 Å². The number of unbranched alkanes of at least 4 members (excludes halogenated alkanes) is 7. The van der Waals surface area contributed by atoms with E-state index >= 15 is 0 Å². The number of ether oxygens (including phenoxy) is 2. The Morgan fingerprint density at radius 2 is 1.26 bits per heavy atom. The van der Waals surface area contributed by atoms with Crippen LogP contribution in [-0.2, 0) is 9.47 Å². The summed E-state index contributed by atoms with van der Waals surface area (Å²) < 4.78 is 12.2. The van der Waals surface area contributed by atoms with Gasteiger partial charge in [0.05, 0.1) is 0 Å². The third-order valence-corrected chi connectivity index (χ3v) is 5.05. The van der Waals surface area contributed by atoms with Crippen molar-refractivity contribution in [1.29, 1.82) is 0 Å². The van der Waals surface area contributed by atoms with Gasteiger partial charge < -0.3 is 9.47 Å². The average Bonchev–Trinajstić information content (AvgIpc) is 2.57. The van der Waals surface area contributed by atoms with Gasteiger partial charge in [-0.15, -0.1) is 0 Å². The number of hydrogen-bond acceptors (Lipinski definition) is 2. The van der Waals surface area contributed by atoms with Crippen LogP contribution >= 0.6 is 0 Å². The van der Waals surface area contributed by atoms with Gasteiger partial charge in [0, 0.05) is 26.1 Å². The van der Waals surface area contributed by atoms with Gasteiger partial charge in [0.2, 0.25) is 0 Å². The Morgan fingerprint density at radius 3 is 1.83 bits per heavy atom. The molecule has 0 N–H and O–H groups in total. The molecule has 2 nitrogen and oxygen atoms in total. The van der Waals surface area contributed by atoms with E-state index in [2.05, 4.69) is 27.7 Å². The zero-order chi connectivity index (χ0) is 17.4. The highest BCUT2D eigenvalue weighted by atomic mass is 16.7. The summed E-state index contributed by atoms with van der Waals surface area (Å²) in [6.07, 6.45) is 16.6. The Kier molecular flexibility index (Phi) is 15.4. The molecule has 2 heteroatoms. The minimum absolute atomic E-state index is 0.344. The Labute approximate surface area is 146 Å². The topological polar surface area (TPSA) is 18.5 Å². The molecule has 0 bridgehead atoms. The molecule has 140 valence electrons. The van der Waals surface area contributed by atoms with E-state index in [0.29, 0.717) is 5.92 Å². The van der Waals surface area contributed by atoms with Crippen LogP contribution in [0.5, 0.6) is 0 Å². The molecule has 23 heavy (non-hydrogen) atoms. The molecule has 0 rings (SSSR count). The first-order valence-corrected chi connectivity index (χ1v) is 10.4. The number of methoxy groups -OCH3 is 1. The highest BCUT2D eigenvalue weighted by Gasteiger charge is 2.38. The van der Waals surface area contributed by atoms with Crippen LogP contribution in [0.25, 0.3) is 0 Å². The number of rotatable bonds is 17. The zero-order valence-corrected chi connectivity index (χ0v) is 16.8. The quantitative estimate of drug-likeness (QED) is 0.209. The van der Waals surface area contributed by atoms with Crippen molar-refractivity contribution < 1.29 is 9.47 Å². The second-order valence-electron chi connectivity index (χ2n) is 6.95. The van der Waals surface area contributed by atoms with Gasteiger partial charge in [0.15, 0.2) is 5.79 Å². The van der Waals surface area contributed by atoms with Gasteiger partial charge in [-0.1, -0.05) is 78.6 Å². The first-order chi connectivity index (χ1) is 11.2. The molecule has 2 unspecified atom stereocenters. The van der Waals surface area contributed by atoms with Crippen LogP contribution in [0.3, 0.4) is 0 Å². The number of hydrogen-bond donors (Lipinski definition) is 0. The summed E-state index contributed by atoms with van der Waals surface area (Å²) in [4.78, 5) is 0. The molecular weight excluding hydrogens is 284 g/mol. The lowest BCUT2D eigenvalue weighted by Crippen LogP contribution is -2.43. The monoisotopic (exact) mass is 328 g/mol. The average molecular weight is 329 g/mol. The fourth-order valence-electron chi connectivity index (χ4n) is 3.60. The molecule has 0 aromatic carbocycles. The third kappa shape index (κ3) is 9.72. The molecule has 0 aromatic rings. The molecule has 0 saturated carbocycles. The van der Waals surface area contributed by atoms with Gasteiger partial charge in [0.1, 0.15) is 0 Å². The van der Waals surface area contributed by atoms with Crippen LogP contribution in [0.15, 0.2) is 0 Å². The molecular formula is C21H44O2. The predicted molar refractivity (Wildman–Crippen MR) is 102 cm³/mol. The molecule has 0 aliphatic heterocycles. The Balaban J connectivity index is 4.62. The largest absolute Gasteiger partial charge is 0.353 e. The molecule has 0 spiro atoms. The second-order valence-corrected chi connectivity index (χ2v) is 6.95. The first-order valence-electron chi connectivity index (χ1n) is 10.4. The summed E-state index contributed by atoms with van der Waals surface area (Å²) in [6.45, 7) is 9.66. The molecule has 0 aromatic heterocycles. The summed E-state index contributed by atoms with van der Waals surface area (Å²) in [5.41, 5.74) is 0. The summed E-state index contributed by atoms with van der Waals surface area (Å²) in [5, 5.41) is 0. The van der Waals surface area contributed by atoms with E-state index in [-0.39, 0.29) is 5.79 Å². The minimum Gasteiger partial charge on any atom is -0.353 e. The van der Waals surface area contributed by atoms with Gasteiger partial charge in [-0.05, 0) is 26.2 Å². The van der Waals surface area contributed by atoms with Crippen molar-refractivity contribution in [3.8, 4) is 0 Å². The lowest BCUT2D eigenvalue weighted by molar-refractivity contribution is -0.259. The highest BCUT2D eigenvalue weighted by molar-refractivity contribution is 4.80. The summed E-state index contributed by atoms with van der Waals surface area (Å²) in [5.74, 6) is 0.203. The van der Waals surface area contributed by atoms with Crippen molar-refractivity contribution in [2.24, 2.45) is 5.92 Å². The van der Waals surface area contributed by atoms with Crippen molar-refractivity contribution in [1.82, 2.24) is 0 Å². The van der Waals surface area contributed by atoms with E-state index in [9.17, 15) is 0 Å². The lowest BCUT2D eigenvalue weighted by Gasteiger charge is -2.40. The van der Waals surface area contributed by atoms with E-state index in [4.69, 9.17) is 9.47 Å². The Bertz CT molecular complexity index is 242. The molecule has 0 radical (unpaired) electrons. The molecule has 0 heterocycles. The highest BCUT2D eigenvalue weighted by Crippen LogP contribution is 2.36. The van der Waals surface area contributed by atoms with Crippen LogP contribution in [0.4, 0.5) is 0 Å². The Morgan fingerprint density at radius 1 is 0.696 bits per heavy atom. The predicted octanol–water partition coefficient (Wildman–Crippen LogP) is 7.11. The second kappa shape index (κ2) is 15.4. The van der Waals surface area contributed by atoms with Crippen molar-refractivity contribution in [2.45, 2.75) is 117 Å². The molecule has 0 fully saturated rings. The zero-order valence-electron chi connectivity index (χ0n) is 16.8. The SMILES string of the molecule is CCCCCCCCC(CCCC)C(CCCC)(OC)OCC. The summed E-state index contributed by atoms with van der Waals surface area (Å²) in [6, 6.07) is 0. The van der Waals surface area contributed by atoms with Crippen LogP contribution in [0.2, 0.25) is 0 Å². The maximum Gasteiger partial charge on any atom is 0.170 e. The fourth-order valence-corrected chi connectivity index (χ4v) is 3.60. The normalized spacial score (nSPS) is 15.5. The van der Waals surface area contributed by atoms with Crippen molar-refractivity contribution >= 4 is 0 Å². The van der Waals surface area contributed by atoms with E-state index in [1.807, 2.05) is 7.11 Å². The van der Waals surface area contributed by atoms with Gasteiger partial charge in [-0.2, -0.15) is 0 Å². The molecule has 0 aliphatic carbocycles. The maximum absolute atomic E-state index is 6.21. The summed E-state index contributed by atoms with van der Waals surface area (Å²) in [7, 11) is 1.85. The molecule has 0 amide bonds. The van der Waals surface area contributed by atoms with Gasteiger partial charge in [-0.25, -0.2) is 0 Å². The van der Waals surface area contributed by atoms with E-state index in [1.165, 1.54) is 77.0 Å².